The maximum atomic E-state index is 12.1. The van der Waals surface area contributed by atoms with E-state index in [1.165, 1.54) is 6.42 Å². The van der Waals surface area contributed by atoms with Gasteiger partial charge in [-0.05, 0) is 49.9 Å². The standard InChI is InChI=1S/C24H28N6O2/c31-21-9-3-13-30(21)20-8-2-7-19(15-20)27-24-26-16-18-10-14-29(22(18)28-24)12-4-11-25-23(32)17-5-1-6-17/h2,7-8,10,14-17H,1,3-6,9,11-13H2,(H,25,32)(H,26,27,28). The number of hydrogen-bond donors (Lipinski definition) is 2. The summed E-state index contributed by atoms with van der Waals surface area (Å²) in [7, 11) is 0. The molecule has 2 aliphatic rings. The first-order chi connectivity index (χ1) is 15.7. The molecule has 3 heterocycles. The van der Waals surface area contributed by atoms with Crippen molar-refractivity contribution in [3.05, 3.63) is 42.7 Å². The number of carbonyl (C=O) groups is 2. The molecule has 166 valence electrons. The molecule has 2 amide bonds. The Labute approximate surface area is 187 Å². The van der Waals surface area contributed by atoms with Gasteiger partial charge in [0.25, 0.3) is 0 Å². The normalized spacial score (nSPS) is 16.4. The number of aromatic nitrogens is 3. The van der Waals surface area contributed by atoms with Crippen LogP contribution >= 0.6 is 0 Å². The van der Waals surface area contributed by atoms with Crippen LogP contribution in [0.1, 0.15) is 38.5 Å². The van der Waals surface area contributed by atoms with Crippen LogP contribution in [0, 0.1) is 5.92 Å². The smallest absolute Gasteiger partial charge is 0.229 e. The number of hydrogen-bond acceptors (Lipinski definition) is 5. The van der Waals surface area contributed by atoms with Crippen molar-refractivity contribution in [3.63, 3.8) is 0 Å². The van der Waals surface area contributed by atoms with Crippen molar-refractivity contribution in [3.8, 4) is 0 Å². The Balaban J connectivity index is 1.23. The fraction of sp³-hybridized carbons (Fsp3) is 0.417. The van der Waals surface area contributed by atoms with E-state index in [0.717, 1.165) is 61.2 Å². The lowest BCUT2D eigenvalue weighted by molar-refractivity contribution is -0.127. The summed E-state index contributed by atoms with van der Waals surface area (Å²) in [4.78, 5) is 35.0. The van der Waals surface area contributed by atoms with Crippen LogP contribution in [0.5, 0.6) is 0 Å². The van der Waals surface area contributed by atoms with E-state index in [0.29, 0.717) is 18.9 Å². The number of amides is 2. The van der Waals surface area contributed by atoms with E-state index in [1.807, 2.05) is 47.6 Å². The van der Waals surface area contributed by atoms with Crippen LogP contribution in [0.4, 0.5) is 17.3 Å². The highest BCUT2D eigenvalue weighted by Crippen LogP contribution is 2.27. The molecular weight excluding hydrogens is 404 g/mol. The molecule has 3 aromatic rings. The minimum Gasteiger partial charge on any atom is -0.356 e. The third-order valence-corrected chi connectivity index (χ3v) is 6.34. The molecule has 5 rings (SSSR count). The molecule has 0 bridgehead atoms. The SMILES string of the molecule is O=C(NCCCn1ccc2cnc(Nc3cccc(N4CCCC4=O)c3)nc21)C1CCC1. The van der Waals surface area contributed by atoms with Gasteiger partial charge in [-0.25, -0.2) is 4.98 Å². The van der Waals surface area contributed by atoms with Crippen molar-refractivity contribution in [2.24, 2.45) is 5.92 Å². The third kappa shape index (κ3) is 4.30. The van der Waals surface area contributed by atoms with Crippen LogP contribution in [-0.4, -0.2) is 39.4 Å². The first-order valence-corrected chi connectivity index (χ1v) is 11.4. The van der Waals surface area contributed by atoms with E-state index in [2.05, 4.69) is 20.2 Å². The summed E-state index contributed by atoms with van der Waals surface area (Å²) >= 11 is 0. The highest BCUT2D eigenvalue weighted by Gasteiger charge is 2.24. The lowest BCUT2D eigenvalue weighted by Crippen LogP contribution is -2.35. The van der Waals surface area contributed by atoms with Crippen molar-refractivity contribution in [2.45, 2.75) is 45.1 Å². The zero-order chi connectivity index (χ0) is 21.9. The molecule has 1 aliphatic carbocycles. The predicted octanol–water partition coefficient (Wildman–Crippen LogP) is 3.61. The first-order valence-electron chi connectivity index (χ1n) is 11.4. The summed E-state index contributed by atoms with van der Waals surface area (Å²) in [5, 5.41) is 7.29. The Morgan fingerprint density at radius 1 is 1.19 bits per heavy atom. The molecule has 1 saturated heterocycles. The van der Waals surface area contributed by atoms with E-state index in [4.69, 9.17) is 4.98 Å². The van der Waals surface area contributed by atoms with Gasteiger partial charge in [0.1, 0.15) is 5.65 Å². The van der Waals surface area contributed by atoms with Crippen LogP contribution in [-0.2, 0) is 16.1 Å². The predicted molar refractivity (Wildman–Crippen MR) is 124 cm³/mol. The molecular formula is C24H28N6O2. The lowest BCUT2D eigenvalue weighted by Gasteiger charge is -2.24. The Morgan fingerprint density at radius 3 is 2.88 bits per heavy atom. The van der Waals surface area contributed by atoms with Gasteiger partial charge in [0.2, 0.25) is 17.8 Å². The van der Waals surface area contributed by atoms with Crippen LogP contribution in [0.3, 0.4) is 0 Å². The van der Waals surface area contributed by atoms with E-state index < -0.39 is 0 Å². The number of nitrogens with one attached hydrogen (secondary N) is 2. The van der Waals surface area contributed by atoms with Crippen LogP contribution in [0.25, 0.3) is 11.0 Å². The average molecular weight is 433 g/mol. The summed E-state index contributed by atoms with van der Waals surface area (Å²) < 4.78 is 2.09. The van der Waals surface area contributed by atoms with Crippen LogP contribution in [0.2, 0.25) is 0 Å². The highest BCUT2D eigenvalue weighted by atomic mass is 16.2. The van der Waals surface area contributed by atoms with Gasteiger partial charge in [-0.2, -0.15) is 4.98 Å². The molecule has 2 fully saturated rings. The van der Waals surface area contributed by atoms with E-state index in [9.17, 15) is 9.59 Å². The molecule has 2 N–H and O–H groups in total. The molecule has 8 heteroatoms. The van der Waals surface area contributed by atoms with Gasteiger partial charge in [0.15, 0.2) is 0 Å². The molecule has 0 unspecified atom stereocenters. The molecule has 0 spiro atoms. The van der Waals surface area contributed by atoms with Crippen molar-refractivity contribution in [1.29, 1.82) is 0 Å². The van der Waals surface area contributed by atoms with Gasteiger partial charge in [-0.15, -0.1) is 0 Å². The van der Waals surface area contributed by atoms with Gasteiger partial charge >= 0.3 is 0 Å². The Hall–Kier alpha value is -3.42. The third-order valence-electron chi connectivity index (χ3n) is 6.34. The molecule has 8 nitrogen and oxygen atoms in total. The van der Waals surface area contributed by atoms with Crippen molar-refractivity contribution in [2.75, 3.05) is 23.3 Å². The van der Waals surface area contributed by atoms with Gasteiger partial charge < -0.3 is 20.1 Å². The van der Waals surface area contributed by atoms with Crippen molar-refractivity contribution >= 4 is 40.2 Å². The molecule has 2 aromatic heterocycles. The largest absolute Gasteiger partial charge is 0.356 e. The minimum atomic E-state index is 0.168. The number of carbonyl (C=O) groups excluding carboxylic acids is 2. The maximum Gasteiger partial charge on any atom is 0.229 e. The van der Waals surface area contributed by atoms with Gasteiger partial charge in [-0.3, -0.25) is 9.59 Å². The van der Waals surface area contributed by atoms with Crippen molar-refractivity contribution < 1.29 is 9.59 Å². The molecule has 1 aliphatic heterocycles. The lowest BCUT2D eigenvalue weighted by atomic mass is 9.85. The molecule has 32 heavy (non-hydrogen) atoms. The number of rotatable bonds is 8. The summed E-state index contributed by atoms with van der Waals surface area (Å²) in [6, 6.07) is 9.80. The number of nitrogens with zero attached hydrogens (tertiary/aromatic N) is 4. The number of benzene rings is 1. The second kappa shape index (κ2) is 8.98. The van der Waals surface area contributed by atoms with Gasteiger partial charge in [0, 0.05) is 61.1 Å². The monoisotopic (exact) mass is 432 g/mol. The molecule has 1 aromatic carbocycles. The fourth-order valence-corrected chi connectivity index (χ4v) is 4.29. The molecule has 0 atom stereocenters. The second-order valence-corrected chi connectivity index (χ2v) is 8.58. The second-order valence-electron chi connectivity index (χ2n) is 8.58. The van der Waals surface area contributed by atoms with Crippen LogP contribution in [0.15, 0.2) is 42.7 Å². The highest BCUT2D eigenvalue weighted by molar-refractivity contribution is 5.95. The first kappa shape index (κ1) is 20.5. The van der Waals surface area contributed by atoms with E-state index >= 15 is 0 Å². The average Bonchev–Trinajstić information content (AvgIpc) is 3.36. The number of anilines is 3. The number of fused-ring (bicyclic) bond motifs is 1. The van der Waals surface area contributed by atoms with Gasteiger partial charge in [0.05, 0.1) is 0 Å². The molecule has 1 saturated carbocycles. The molecule has 0 radical (unpaired) electrons. The Kier molecular flexibility index (Phi) is 5.75. The zero-order valence-corrected chi connectivity index (χ0v) is 18.1. The summed E-state index contributed by atoms with van der Waals surface area (Å²) in [5.74, 6) is 1.10. The maximum absolute atomic E-state index is 12.1. The number of aryl methyl sites for hydroxylation is 1. The van der Waals surface area contributed by atoms with E-state index in [-0.39, 0.29) is 17.7 Å². The van der Waals surface area contributed by atoms with Crippen molar-refractivity contribution in [1.82, 2.24) is 19.9 Å². The van der Waals surface area contributed by atoms with Crippen LogP contribution < -0.4 is 15.5 Å². The Bertz CT molecular complexity index is 1140. The summed E-state index contributed by atoms with van der Waals surface area (Å²) in [6.07, 6.45) is 9.40. The Morgan fingerprint density at radius 2 is 2.09 bits per heavy atom. The quantitative estimate of drug-likeness (QED) is 0.531. The zero-order valence-electron chi connectivity index (χ0n) is 18.1. The van der Waals surface area contributed by atoms with Gasteiger partial charge in [-0.1, -0.05) is 12.5 Å². The topological polar surface area (TPSA) is 92.2 Å². The van der Waals surface area contributed by atoms with E-state index in [1.54, 1.807) is 0 Å². The fourth-order valence-electron chi connectivity index (χ4n) is 4.29. The summed E-state index contributed by atoms with van der Waals surface area (Å²) in [6.45, 7) is 2.21. The summed E-state index contributed by atoms with van der Waals surface area (Å²) in [5.41, 5.74) is 2.60. The minimum absolute atomic E-state index is 0.168.